The van der Waals surface area contributed by atoms with E-state index in [1.807, 2.05) is 6.08 Å². The Morgan fingerprint density at radius 3 is 1.96 bits per heavy atom. The Morgan fingerprint density at radius 1 is 0.958 bits per heavy atom. The van der Waals surface area contributed by atoms with Crippen LogP contribution in [0.4, 0.5) is 0 Å². The molecule has 0 radical (unpaired) electrons. The standard InChI is InChI=1S/C18H36NO4P/c1-2-3-4-5-6-7-8-9-10-11-12-13-14-15-18(20)17(19)16-23-24(21)22/h14-15,17-18,20H,2-13,16,19H2,1H3/b15-14+. The molecule has 6 heteroatoms. The summed E-state index contributed by atoms with van der Waals surface area (Å²) < 4.78 is 24.9. The number of aliphatic hydroxyl groups is 1. The van der Waals surface area contributed by atoms with Crippen LogP contribution in [-0.4, -0.2) is 23.9 Å². The van der Waals surface area contributed by atoms with E-state index in [1.165, 1.54) is 64.2 Å². The van der Waals surface area contributed by atoms with E-state index in [0.717, 1.165) is 12.8 Å². The second kappa shape index (κ2) is 17.3. The second-order valence-electron chi connectivity index (χ2n) is 6.43. The van der Waals surface area contributed by atoms with Gasteiger partial charge in [0.15, 0.2) is 0 Å². The fourth-order valence-electron chi connectivity index (χ4n) is 2.55. The van der Waals surface area contributed by atoms with Crippen molar-refractivity contribution in [3.8, 4) is 0 Å². The third kappa shape index (κ3) is 16.4. The van der Waals surface area contributed by atoms with Crippen molar-refractivity contribution in [3.63, 3.8) is 0 Å². The van der Waals surface area contributed by atoms with Crippen molar-refractivity contribution in [1.29, 1.82) is 0 Å². The smallest absolute Gasteiger partial charge is 0.387 e. The first kappa shape index (κ1) is 23.5. The van der Waals surface area contributed by atoms with E-state index in [-0.39, 0.29) is 6.61 Å². The maximum atomic E-state index is 10.3. The maximum absolute atomic E-state index is 10.3. The minimum atomic E-state index is -2.90. The molecule has 0 bridgehead atoms. The van der Waals surface area contributed by atoms with Gasteiger partial charge in [-0.2, -0.15) is 0 Å². The van der Waals surface area contributed by atoms with Gasteiger partial charge in [-0.25, -0.2) is 9.13 Å². The summed E-state index contributed by atoms with van der Waals surface area (Å²) in [5, 5.41) is 9.72. The predicted octanol–water partition coefficient (Wildman–Crippen LogP) is 5.04. The van der Waals surface area contributed by atoms with Crippen LogP contribution in [0.3, 0.4) is 0 Å². The number of unbranched alkanes of at least 4 members (excludes halogenated alkanes) is 11. The molecule has 0 aliphatic heterocycles. The lowest BCUT2D eigenvalue weighted by molar-refractivity contribution is 0.153. The van der Waals surface area contributed by atoms with E-state index in [9.17, 15) is 14.2 Å². The van der Waals surface area contributed by atoms with Gasteiger partial charge in [0, 0.05) is 0 Å². The highest BCUT2D eigenvalue weighted by atomic mass is 31.1. The molecule has 0 aromatic carbocycles. The number of hydrogen-bond donors (Lipinski definition) is 2. The molecule has 0 aliphatic carbocycles. The second-order valence-corrected chi connectivity index (χ2v) is 7.13. The number of hydrogen-bond acceptors (Lipinski definition) is 5. The Balaban J connectivity index is 3.39. The molecular formula is C18H36NO4P. The molecule has 3 N–H and O–H groups in total. The molecule has 24 heavy (non-hydrogen) atoms. The van der Waals surface area contributed by atoms with Crippen LogP contribution in [0.25, 0.3) is 0 Å². The largest absolute Gasteiger partial charge is 0.468 e. The van der Waals surface area contributed by atoms with Crippen molar-refractivity contribution in [3.05, 3.63) is 12.2 Å². The minimum Gasteiger partial charge on any atom is -0.387 e. The molecule has 0 aromatic heterocycles. The van der Waals surface area contributed by atoms with Gasteiger partial charge in [0.25, 0.3) is 0 Å². The quantitative estimate of drug-likeness (QED) is 0.215. The number of nitrogens with two attached hydrogens (primary N) is 1. The third-order valence-electron chi connectivity index (χ3n) is 4.12. The Labute approximate surface area is 147 Å². The van der Waals surface area contributed by atoms with Crippen molar-refractivity contribution in [2.24, 2.45) is 5.73 Å². The van der Waals surface area contributed by atoms with Gasteiger partial charge < -0.3 is 10.8 Å². The molecule has 0 amide bonds. The molecule has 5 nitrogen and oxygen atoms in total. The minimum absolute atomic E-state index is 0.192. The van der Waals surface area contributed by atoms with E-state index in [1.54, 1.807) is 6.08 Å². The summed E-state index contributed by atoms with van der Waals surface area (Å²) in [7, 11) is -2.90. The highest BCUT2D eigenvalue weighted by Gasteiger charge is 2.12. The van der Waals surface area contributed by atoms with Crippen LogP contribution in [0.5, 0.6) is 0 Å². The number of aliphatic hydroxyl groups excluding tert-OH is 1. The number of allylic oxidation sites excluding steroid dienone is 1. The molecule has 142 valence electrons. The van der Waals surface area contributed by atoms with Gasteiger partial charge in [-0.3, -0.25) is 4.52 Å². The Kier molecular flexibility index (Phi) is 17.0. The lowest BCUT2D eigenvalue weighted by Crippen LogP contribution is -2.36. The normalized spacial score (nSPS) is 14.1. The Bertz CT molecular complexity index is 364. The van der Waals surface area contributed by atoms with E-state index in [0.29, 0.717) is 0 Å². The van der Waals surface area contributed by atoms with Gasteiger partial charge in [0.2, 0.25) is 0 Å². The highest BCUT2D eigenvalue weighted by Crippen LogP contribution is 2.12. The lowest BCUT2D eigenvalue weighted by atomic mass is 10.0. The Hall–Kier alpha value is -0.480. The first-order valence-corrected chi connectivity index (χ1v) is 10.5. The molecule has 0 spiro atoms. The summed E-state index contributed by atoms with van der Waals surface area (Å²) in [6.45, 7) is 2.06. The molecule has 0 aliphatic rings. The van der Waals surface area contributed by atoms with Crippen molar-refractivity contribution in [1.82, 2.24) is 0 Å². The van der Waals surface area contributed by atoms with E-state index >= 15 is 0 Å². The van der Waals surface area contributed by atoms with Gasteiger partial charge >= 0.3 is 7.91 Å². The molecule has 0 saturated heterocycles. The van der Waals surface area contributed by atoms with E-state index in [4.69, 9.17) is 5.73 Å². The van der Waals surface area contributed by atoms with Crippen LogP contribution >= 0.6 is 7.91 Å². The number of rotatable bonds is 17. The monoisotopic (exact) mass is 361 g/mol. The summed E-state index contributed by atoms with van der Waals surface area (Å²) in [4.78, 5) is 0. The molecule has 0 rings (SSSR count). The SMILES string of the molecule is CCCCCCCCCCCCC/C=C/C(O)C(N)COP(=O)=O. The topological polar surface area (TPSA) is 89.6 Å². The summed E-state index contributed by atoms with van der Waals surface area (Å²) in [6.07, 6.45) is 18.0. The molecule has 0 saturated carbocycles. The zero-order chi connectivity index (χ0) is 18.0. The van der Waals surface area contributed by atoms with Crippen LogP contribution in [0.15, 0.2) is 12.2 Å². The fraction of sp³-hybridized carbons (Fsp3) is 0.889. The zero-order valence-corrected chi connectivity index (χ0v) is 16.1. The van der Waals surface area contributed by atoms with E-state index in [2.05, 4.69) is 11.4 Å². The summed E-state index contributed by atoms with van der Waals surface area (Å²) in [5.74, 6) is 0. The third-order valence-corrected chi connectivity index (χ3v) is 4.48. The van der Waals surface area contributed by atoms with Crippen LogP contribution in [0, 0.1) is 0 Å². The van der Waals surface area contributed by atoms with Crippen molar-refractivity contribution >= 4 is 7.91 Å². The molecule has 0 fully saturated rings. The molecule has 0 aromatic rings. The van der Waals surface area contributed by atoms with Crippen LogP contribution in [0.2, 0.25) is 0 Å². The molecule has 2 unspecified atom stereocenters. The Morgan fingerprint density at radius 2 is 1.46 bits per heavy atom. The summed E-state index contributed by atoms with van der Waals surface area (Å²) in [5.41, 5.74) is 5.62. The van der Waals surface area contributed by atoms with Crippen LogP contribution < -0.4 is 5.73 Å². The average molecular weight is 361 g/mol. The van der Waals surface area contributed by atoms with Gasteiger partial charge in [0.1, 0.15) is 0 Å². The first-order chi connectivity index (χ1) is 11.6. The van der Waals surface area contributed by atoms with Gasteiger partial charge in [-0.05, 0) is 12.8 Å². The van der Waals surface area contributed by atoms with Crippen molar-refractivity contribution in [2.45, 2.75) is 96.1 Å². The molecule has 2 atom stereocenters. The predicted molar refractivity (Wildman–Crippen MR) is 98.4 cm³/mol. The molecule has 0 heterocycles. The lowest BCUT2D eigenvalue weighted by Gasteiger charge is -2.13. The van der Waals surface area contributed by atoms with Gasteiger partial charge in [0.05, 0.1) is 18.8 Å². The summed E-state index contributed by atoms with van der Waals surface area (Å²) in [6, 6.07) is -0.716. The fourth-order valence-corrected chi connectivity index (χ4v) is 2.84. The summed E-state index contributed by atoms with van der Waals surface area (Å²) >= 11 is 0. The first-order valence-electron chi connectivity index (χ1n) is 9.45. The van der Waals surface area contributed by atoms with E-state index < -0.39 is 20.1 Å². The van der Waals surface area contributed by atoms with Crippen molar-refractivity contribution < 1.29 is 18.8 Å². The van der Waals surface area contributed by atoms with Crippen molar-refractivity contribution in [2.75, 3.05) is 6.61 Å². The zero-order valence-electron chi connectivity index (χ0n) is 15.2. The van der Waals surface area contributed by atoms with Crippen LogP contribution in [0.1, 0.15) is 84.0 Å². The maximum Gasteiger partial charge on any atom is 0.468 e. The van der Waals surface area contributed by atoms with Gasteiger partial charge in [-0.1, -0.05) is 83.3 Å². The highest BCUT2D eigenvalue weighted by molar-refractivity contribution is 7.24. The van der Waals surface area contributed by atoms with Crippen LogP contribution in [-0.2, 0) is 13.7 Å². The van der Waals surface area contributed by atoms with Gasteiger partial charge in [-0.15, -0.1) is 0 Å². The molecular weight excluding hydrogens is 325 g/mol. The average Bonchev–Trinajstić information content (AvgIpc) is 2.56.